The van der Waals surface area contributed by atoms with Crippen LogP contribution in [-0.2, 0) is 4.79 Å². The SMILES string of the molecule is CC1(O)CCN(C(=O)C2(CN)CCCCC2)CC1. The third kappa shape index (κ3) is 2.69. The van der Waals surface area contributed by atoms with E-state index in [-0.39, 0.29) is 11.3 Å². The highest BCUT2D eigenvalue weighted by Gasteiger charge is 2.42. The predicted molar refractivity (Wildman–Crippen MR) is 71.0 cm³/mol. The molecule has 3 N–H and O–H groups in total. The van der Waals surface area contributed by atoms with Gasteiger partial charge >= 0.3 is 0 Å². The Balaban J connectivity index is 2.01. The minimum atomic E-state index is -0.598. The molecule has 2 fully saturated rings. The normalized spacial score (nSPS) is 26.9. The van der Waals surface area contributed by atoms with E-state index in [1.165, 1.54) is 6.42 Å². The fraction of sp³-hybridized carbons (Fsp3) is 0.929. The smallest absolute Gasteiger partial charge is 0.230 e. The highest BCUT2D eigenvalue weighted by atomic mass is 16.3. The molecule has 1 aliphatic carbocycles. The summed E-state index contributed by atoms with van der Waals surface area (Å²) in [6.45, 7) is 3.67. The van der Waals surface area contributed by atoms with Crippen LogP contribution in [0.15, 0.2) is 0 Å². The van der Waals surface area contributed by atoms with Crippen molar-refractivity contribution in [2.75, 3.05) is 19.6 Å². The van der Waals surface area contributed by atoms with Crippen LogP contribution in [0.2, 0.25) is 0 Å². The van der Waals surface area contributed by atoms with E-state index >= 15 is 0 Å². The topological polar surface area (TPSA) is 66.6 Å². The monoisotopic (exact) mass is 254 g/mol. The lowest BCUT2D eigenvalue weighted by Gasteiger charge is -2.43. The second kappa shape index (κ2) is 5.17. The Morgan fingerprint density at radius 1 is 1.17 bits per heavy atom. The third-order valence-corrected chi connectivity index (χ3v) is 4.78. The van der Waals surface area contributed by atoms with Gasteiger partial charge in [-0.05, 0) is 32.6 Å². The molecule has 0 radical (unpaired) electrons. The van der Waals surface area contributed by atoms with Gasteiger partial charge in [0.15, 0.2) is 0 Å². The van der Waals surface area contributed by atoms with Crippen LogP contribution < -0.4 is 5.73 Å². The Morgan fingerprint density at radius 2 is 1.72 bits per heavy atom. The van der Waals surface area contributed by atoms with Gasteiger partial charge in [-0.2, -0.15) is 0 Å². The molecule has 2 rings (SSSR count). The van der Waals surface area contributed by atoms with E-state index in [4.69, 9.17) is 5.73 Å². The average Bonchev–Trinajstić information content (AvgIpc) is 2.39. The molecule has 4 nitrogen and oxygen atoms in total. The molecule has 0 aromatic rings. The highest BCUT2D eigenvalue weighted by Crippen LogP contribution is 2.38. The molecule has 1 heterocycles. The van der Waals surface area contributed by atoms with Gasteiger partial charge in [0.2, 0.25) is 5.91 Å². The maximum atomic E-state index is 12.7. The Kier molecular flexibility index (Phi) is 3.97. The summed E-state index contributed by atoms with van der Waals surface area (Å²) in [4.78, 5) is 14.6. The number of likely N-dealkylation sites (tertiary alicyclic amines) is 1. The van der Waals surface area contributed by atoms with Crippen LogP contribution in [0.1, 0.15) is 51.9 Å². The molecule has 18 heavy (non-hydrogen) atoms. The van der Waals surface area contributed by atoms with Crippen LogP contribution in [0.25, 0.3) is 0 Å². The molecule has 1 saturated heterocycles. The van der Waals surface area contributed by atoms with Crippen molar-refractivity contribution < 1.29 is 9.90 Å². The van der Waals surface area contributed by atoms with Crippen molar-refractivity contribution in [1.29, 1.82) is 0 Å². The molecule has 2 aliphatic rings. The van der Waals surface area contributed by atoms with Crippen LogP contribution >= 0.6 is 0 Å². The lowest BCUT2D eigenvalue weighted by Crippen LogP contribution is -2.53. The van der Waals surface area contributed by atoms with Gasteiger partial charge in [0.25, 0.3) is 0 Å². The van der Waals surface area contributed by atoms with Gasteiger partial charge in [-0.15, -0.1) is 0 Å². The van der Waals surface area contributed by atoms with E-state index in [9.17, 15) is 9.90 Å². The summed E-state index contributed by atoms with van der Waals surface area (Å²) in [6, 6.07) is 0. The number of hydrogen-bond donors (Lipinski definition) is 2. The second-order valence-electron chi connectivity index (χ2n) is 6.33. The first-order valence-corrected chi connectivity index (χ1v) is 7.21. The number of hydrogen-bond acceptors (Lipinski definition) is 3. The number of nitrogens with zero attached hydrogens (tertiary/aromatic N) is 1. The zero-order chi connectivity index (χ0) is 13.2. The molecular formula is C14H26N2O2. The van der Waals surface area contributed by atoms with Crippen LogP contribution in [-0.4, -0.2) is 41.1 Å². The Bertz CT molecular complexity index is 299. The quantitative estimate of drug-likeness (QED) is 0.780. The third-order valence-electron chi connectivity index (χ3n) is 4.78. The number of carbonyl (C=O) groups is 1. The molecule has 1 amide bonds. The number of piperidine rings is 1. The molecular weight excluding hydrogens is 228 g/mol. The van der Waals surface area contributed by atoms with Crippen molar-refractivity contribution in [1.82, 2.24) is 4.90 Å². The van der Waals surface area contributed by atoms with Crippen molar-refractivity contribution in [3.8, 4) is 0 Å². The molecule has 4 heteroatoms. The zero-order valence-corrected chi connectivity index (χ0v) is 11.5. The van der Waals surface area contributed by atoms with Crippen LogP contribution in [0.3, 0.4) is 0 Å². The van der Waals surface area contributed by atoms with Crippen LogP contribution in [0, 0.1) is 5.41 Å². The number of nitrogens with two attached hydrogens (primary N) is 1. The minimum Gasteiger partial charge on any atom is -0.390 e. The molecule has 104 valence electrons. The van der Waals surface area contributed by atoms with Gasteiger partial charge in [-0.25, -0.2) is 0 Å². The largest absolute Gasteiger partial charge is 0.390 e. The Labute approximate surface area is 110 Å². The first-order chi connectivity index (χ1) is 8.49. The Hall–Kier alpha value is -0.610. The fourth-order valence-corrected chi connectivity index (χ4v) is 3.26. The van der Waals surface area contributed by atoms with E-state index in [0.29, 0.717) is 32.5 Å². The highest BCUT2D eigenvalue weighted by molar-refractivity contribution is 5.83. The molecule has 1 saturated carbocycles. The number of aliphatic hydroxyl groups is 1. The fourth-order valence-electron chi connectivity index (χ4n) is 3.26. The van der Waals surface area contributed by atoms with Gasteiger partial charge in [0, 0.05) is 19.6 Å². The summed E-state index contributed by atoms with van der Waals surface area (Å²) < 4.78 is 0. The minimum absolute atomic E-state index is 0.236. The number of carbonyl (C=O) groups excluding carboxylic acids is 1. The molecule has 0 unspecified atom stereocenters. The molecule has 0 aromatic heterocycles. The summed E-state index contributed by atoms with van der Waals surface area (Å²) in [6.07, 6.45) is 6.70. The van der Waals surface area contributed by atoms with Crippen LogP contribution in [0.5, 0.6) is 0 Å². The summed E-state index contributed by atoms with van der Waals surface area (Å²) >= 11 is 0. The van der Waals surface area contributed by atoms with E-state index in [1.54, 1.807) is 0 Å². The van der Waals surface area contributed by atoms with Crippen molar-refractivity contribution >= 4 is 5.91 Å². The van der Waals surface area contributed by atoms with E-state index < -0.39 is 5.60 Å². The summed E-state index contributed by atoms with van der Waals surface area (Å²) in [5.74, 6) is 0.236. The maximum absolute atomic E-state index is 12.7. The molecule has 0 aromatic carbocycles. The summed E-state index contributed by atoms with van der Waals surface area (Å²) in [5.41, 5.74) is 5.00. The number of amides is 1. The second-order valence-corrected chi connectivity index (χ2v) is 6.33. The van der Waals surface area contributed by atoms with Gasteiger partial charge in [0.1, 0.15) is 0 Å². The van der Waals surface area contributed by atoms with E-state index in [0.717, 1.165) is 25.7 Å². The van der Waals surface area contributed by atoms with E-state index in [1.807, 2.05) is 11.8 Å². The molecule has 0 bridgehead atoms. The van der Waals surface area contributed by atoms with Crippen molar-refractivity contribution in [2.24, 2.45) is 11.1 Å². The predicted octanol–water partition coefficient (Wildman–Crippen LogP) is 1.27. The van der Waals surface area contributed by atoms with Gasteiger partial charge in [0.05, 0.1) is 11.0 Å². The van der Waals surface area contributed by atoms with Gasteiger partial charge < -0.3 is 15.7 Å². The summed E-state index contributed by atoms with van der Waals surface area (Å²) in [5, 5.41) is 9.94. The molecule has 0 atom stereocenters. The lowest BCUT2D eigenvalue weighted by atomic mass is 9.72. The van der Waals surface area contributed by atoms with Crippen LogP contribution in [0.4, 0.5) is 0 Å². The van der Waals surface area contributed by atoms with Crippen molar-refractivity contribution in [3.05, 3.63) is 0 Å². The standard InChI is InChI=1S/C14H26N2O2/c1-13(18)7-9-16(10-8-13)12(17)14(11-15)5-3-2-4-6-14/h18H,2-11,15H2,1H3. The summed E-state index contributed by atoms with van der Waals surface area (Å²) in [7, 11) is 0. The van der Waals surface area contributed by atoms with Crippen molar-refractivity contribution in [2.45, 2.75) is 57.5 Å². The average molecular weight is 254 g/mol. The first kappa shape index (κ1) is 13.8. The molecule has 1 aliphatic heterocycles. The Morgan fingerprint density at radius 3 is 2.22 bits per heavy atom. The zero-order valence-electron chi connectivity index (χ0n) is 11.5. The lowest BCUT2D eigenvalue weighted by molar-refractivity contribution is -0.147. The van der Waals surface area contributed by atoms with E-state index in [2.05, 4.69) is 0 Å². The maximum Gasteiger partial charge on any atom is 0.230 e. The van der Waals surface area contributed by atoms with Gasteiger partial charge in [-0.1, -0.05) is 19.3 Å². The van der Waals surface area contributed by atoms with Crippen molar-refractivity contribution in [3.63, 3.8) is 0 Å². The first-order valence-electron chi connectivity index (χ1n) is 7.21. The molecule has 0 spiro atoms. The number of rotatable bonds is 2. The van der Waals surface area contributed by atoms with Gasteiger partial charge in [-0.3, -0.25) is 4.79 Å².